The molecule has 2 atom stereocenters. The summed E-state index contributed by atoms with van der Waals surface area (Å²) in [5.74, 6) is -1.34. The highest BCUT2D eigenvalue weighted by atomic mass is 16.5. The highest BCUT2D eigenvalue weighted by molar-refractivity contribution is 5.96. The van der Waals surface area contributed by atoms with E-state index in [1.165, 1.54) is 18.7 Å². The lowest BCUT2D eigenvalue weighted by Crippen LogP contribution is -2.35. The van der Waals surface area contributed by atoms with Gasteiger partial charge in [0.25, 0.3) is 5.91 Å². The number of carbonyl (C=O) groups excluding carboxylic acids is 3. The van der Waals surface area contributed by atoms with Gasteiger partial charge in [0.1, 0.15) is 6.07 Å². The van der Waals surface area contributed by atoms with Crippen molar-refractivity contribution in [3.63, 3.8) is 0 Å². The van der Waals surface area contributed by atoms with E-state index in [1.54, 1.807) is 30.5 Å². The Kier molecular flexibility index (Phi) is 6.28. The number of para-hydroxylation sites is 1. The molecule has 1 heterocycles. The van der Waals surface area contributed by atoms with Gasteiger partial charge in [0.15, 0.2) is 6.10 Å². The standard InChI is InChI=1S/C23H21N3O4/c1-15(23(29)25-20-10-6-4-8-18(20)14-24)30-22(28)13-21-19-9-5-3-7-17(19)11-12-26(21)16(2)27/h3-12,15,21H,13H2,1-2H3,(H,25,29)/t15-,21+/m0/s1. The third-order valence-electron chi connectivity index (χ3n) is 4.81. The molecule has 2 aromatic carbocycles. The molecule has 2 amide bonds. The number of nitrogens with one attached hydrogen (secondary N) is 1. The van der Waals surface area contributed by atoms with Gasteiger partial charge < -0.3 is 15.0 Å². The van der Waals surface area contributed by atoms with Gasteiger partial charge in [0.2, 0.25) is 5.91 Å². The molecule has 0 fully saturated rings. The predicted octanol–water partition coefficient (Wildman–Crippen LogP) is 3.39. The van der Waals surface area contributed by atoms with E-state index >= 15 is 0 Å². The molecule has 0 aromatic heterocycles. The lowest BCUT2D eigenvalue weighted by molar-refractivity contribution is -0.154. The van der Waals surface area contributed by atoms with Crippen LogP contribution in [0.2, 0.25) is 0 Å². The molecule has 0 radical (unpaired) electrons. The fourth-order valence-corrected chi connectivity index (χ4v) is 3.29. The second-order valence-corrected chi connectivity index (χ2v) is 6.87. The number of rotatable bonds is 5. The number of ether oxygens (including phenoxy) is 1. The Morgan fingerprint density at radius 2 is 1.87 bits per heavy atom. The van der Waals surface area contributed by atoms with Crippen molar-refractivity contribution in [2.75, 3.05) is 5.32 Å². The maximum absolute atomic E-state index is 12.6. The highest BCUT2D eigenvalue weighted by Gasteiger charge is 2.30. The molecule has 0 aliphatic carbocycles. The van der Waals surface area contributed by atoms with Gasteiger partial charge in [-0.25, -0.2) is 0 Å². The summed E-state index contributed by atoms with van der Waals surface area (Å²) in [6, 6.07) is 15.5. The van der Waals surface area contributed by atoms with Crippen molar-refractivity contribution >= 4 is 29.5 Å². The first-order valence-corrected chi connectivity index (χ1v) is 9.46. The summed E-state index contributed by atoms with van der Waals surface area (Å²) in [6.07, 6.45) is 2.32. The normalized spacial score (nSPS) is 15.5. The van der Waals surface area contributed by atoms with E-state index in [0.717, 1.165) is 11.1 Å². The first-order valence-electron chi connectivity index (χ1n) is 9.46. The van der Waals surface area contributed by atoms with Crippen molar-refractivity contribution in [2.45, 2.75) is 32.4 Å². The quantitative estimate of drug-likeness (QED) is 0.772. The van der Waals surface area contributed by atoms with Gasteiger partial charge in [-0.2, -0.15) is 5.26 Å². The molecule has 152 valence electrons. The second kappa shape index (κ2) is 9.05. The summed E-state index contributed by atoms with van der Waals surface area (Å²) in [5.41, 5.74) is 2.42. The molecule has 1 aliphatic heterocycles. The van der Waals surface area contributed by atoms with Crippen molar-refractivity contribution in [1.82, 2.24) is 4.90 Å². The van der Waals surface area contributed by atoms with E-state index < -0.39 is 24.0 Å². The highest BCUT2D eigenvalue weighted by Crippen LogP contribution is 2.33. The van der Waals surface area contributed by atoms with Crippen molar-refractivity contribution in [2.24, 2.45) is 0 Å². The Bertz CT molecular complexity index is 1050. The third kappa shape index (κ3) is 4.55. The molecule has 3 rings (SSSR count). The molecule has 30 heavy (non-hydrogen) atoms. The van der Waals surface area contributed by atoms with Crippen molar-refractivity contribution in [3.8, 4) is 6.07 Å². The van der Waals surface area contributed by atoms with Crippen molar-refractivity contribution in [1.29, 1.82) is 5.26 Å². The number of hydrogen-bond acceptors (Lipinski definition) is 5. The molecule has 7 nitrogen and oxygen atoms in total. The fourth-order valence-electron chi connectivity index (χ4n) is 3.29. The van der Waals surface area contributed by atoms with Crippen LogP contribution in [-0.4, -0.2) is 28.8 Å². The Morgan fingerprint density at radius 1 is 1.17 bits per heavy atom. The second-order valence-electron chi connectivity index (χ2n) is 6.87. The van der Waals surface area contributed by atoms with E-state index in [1.807, 2.05) is 36.4 Å². The van der Waals surface area contributed by atoms with Gasteiger partial charge >= 0.3 is 5.97 Å². The van der Waals surface area contributed by atoms with Crippen LogP contribution in [0.4, 0.5) is 5.69 Å². The van der Waals surface area contributed by atoms with Crippen LogP contribution in [0.5, 0.6) is 0 Å². The number of amides is 2. The zero-order valence-corrected chi connectivity index (χ0v) is 16.7. The van der Waals surface area contributed by atoms with E-state index in [0.29, 0.717) is 11.3 Å². The smallest absolute Gasteiger partial charge is 0.309 e. The Hall–Kier alpha value is -3.92. The summed E-state index contributed by atoms with van der Waals surface area (Å²) in [4.78, 5) is 38.5. The minimum Gasteiger partial charge on any atom is -0.452 e. The zero-order chi connectivity index (χ0) is 21.7. The molecule has 2 aromatic rings. The predicted molar refractivity (Wildman–Crippen MR) is 111 cm³/mol. The van der Waals surface area contributed by atoms with Crippen LogP contribution in [0, 0.1) is 11.3 Å². The SMILES string of the molecule is CC(=O)N1C=Cc2ccccc2[C@H]1CC(=O)O[C@@H](C)C(=O)Nc1ccccc1C#N. The van der Waals surface area contributed by atoms with Crippen LogP contribution >= 0.6 is 0 Å². The summed E-state index contributed by atoms with van der Waals surface area (Å²) in [7, 11) is 0. The molecule has 0 saturated heterocycles. The number of benzene rings is 2. The Balaban J connectivity index is 1.68. The molecular weight excluding hydrogens is 382 g/mol. The van der Waals surface area contributed by atoms with Gasteiger partial charge in [-0.15, -0.1) is 0 Å². The van der Waals surface area contributed by atoms with Crippen LogP contribution in [0.15, 0.2) is 54.7 Å². The van der Waals surface area contributed by atoms with Crippen LogP contribution in [0.25, 0.3) is 6.08 Å². The molecule has 0 bridgehead atoms. The minimum absolute atomic E-state index is 0.0899. The van der Waals surface area contributed by atoms with Gasteiger partial charge in [-0.05, 0) is 36.3 Å². The van der Waals surface area contributed by atoms with Crippen LogP contribution in [-0.2, 0) is 19.1 Å². The third-order valence-corrected chi connectivity index (χ3v) is 4.81. The van der Waals surface area contributed by atoms with E-state index in [2.05, 4.69) is 5.32 Å². The molecular formula is C23H21N3O4. The molecule has 1 N–H and O–H groups in total. The molecule has 0 unspecified atom stereocenters. The van der Waals surface area contributed by atoms with Gasteiger partial charge in [-0.3, -0.25) is 14.4 Å². The Labute approximate surface area is 174 Å². The number of carbonyl (C=O) groups is 3. The number of esters is 1. The van der Waals surface area contributed by atoms with E-state index in [9.17, 15) is 14.4 Å². The van der Waals surface area contributed by atoms with E-state index in [-0.39, 0.29) is 12.3 Å². The molecule has 0 saturated carbocycles. The van der Waals surface area contributed by atoms with Gasteiger partial charge in [-0.1, -0.05) is 36.4 Å². The monoisotopic (exact) mass is 403 g/mol. The molecule has 0 spiro atoms. The number of hydrogen-bond donors (Lipinski definition) is 1. The summed E-state index contributed by atoms with van der Waals surface area (Å²) >= 11 is 0. The Morgan fingerprint density at radius 3 is 2.60 bits per heavy atom. The molecule has 7 heteroatoms. The fraction of sp³-hybridized carbons (Fsp3) is 0.217. The van der Waals surface area contributed by atoms with Crippen LogP contribution in [0.3, 0.4) is 0 Å². The number of anilines is 1. The first-order chi connectivity index (χ1) is 14.4. The minimum atomic E-state index is -1.07. The number of nitriles is 1. The maximum atomic E-state index is 12.6. The van der Waals surface area contributed by atoms with Gasteiger partial charge in [0, 0.05) is 13.1 Å². The summed E-state index contributed by atoms with van der Waals surface area (Å²) in [6.45, 7) is 2.89. The summed E-state index contributed by atoms with van der Waals surface area (Å²) < 4.78 is 5.31. The average Bonchev–Trinajstić information content (AvgIpc) is 2.74. The maximum Gasteiger partial charge on any atom is 0.309 e. The zero-order valence-electron chi connectivity index (χ0n) is 16.7. The largest absolute Gasteiger partial charge is 0.452 e. The lowest BCUT2D eigenvalue weighted by Gasteiger charge is -2.32. The van der Waals surface area contributed by atoms with E-state index in [4.69, 9.17) is 10.00 Å². The molecule has 1 aliphatic rings. The first kappa shape index (κ1) is 20.8. The van der Waals surface area contributed by atoms with Crippen LogP contribution < -0.4 is 5.32 Å². The lowest BCUT2D eigenvalue weighted by atomic mass is 9.94. The van der Waals surface area contributed by atoms with Gasteiger partial charge in [0.05, 0.1) is 23.7 Å². The van der Waals surface area contributed by atoms with Crippen molar-refractivity contribution < 1.29 is 19.1 Å². The average molecular weight is 403 g/mol. The number of nitrogens with zero attached hydrogens (tertiary/aromatic N) is 2. The number of fused-ring (bicyclic) bond motifs is 1. The summed E-state index contributed by atoms with van der Waals surface area (Å²) in [5, 5.41) is 11.7. The van der Waals surface area contributed by atoms with Crippen LogP contribution in [0.1, 0.15) is 43.0 Å². The topological polar surface area (TPSA) is 99.5 Å². The van der Waals surface area contributed by atoms with Crippen molar-refractivity contribution in [3.05, 3.63) is 71.4 Å².